The number of rotatable bonds is 5. The zero-order chi connectivity index (χ0) is 26.3. The van der Waals surface area contributed by atoms with E-state index in [-0.39, 0.29) is 60.3 Å². The molecule has 5 heterocycles. The lowest BCUT2D eigenvalue weighted by Crippen LogP contribution is -2.35. The Bertz CT molecular complexity index is 1560. The largest absolute Gasteiger partial charge is 0.433 e. The molecule has 2 aliphatic rings. The Morgan fingerprint density at radius 1 is 1.11 bits per heavy atom. The lowest BCUT2D eigenvalue weighted by Gasteiger charge is -2.19. The van der Waals surface area contributed by atoms with Gasteiger partial charge in [0, 0.05) is 22.2 Å². The monoisotopic (exact) mass is 562 g/mol. The van der Waals surface area contributed by atoms with Gasteiger partial charge in [0.05, 0.1) is 40.8 Å². The fraction of sp³-hybridized carbons (Fsp3) is 0.360. The number of piperidine rings is 1. The van der Waals surface area contributed by atoms with Crippen LogP contribution in [0.3, 0.4) is 0 Å². The molecule has 2 unspecified atom stereocenters. The summed E-state index contributed by atoms with van der Waals surface area (Å²) < 4.78 is 43.3. The Hall–Kier alpha value is -3.38. The van der Waals surface area contributed by atoms with E-state index in [4.69, 9.17) is 0 Å². The lowest BCUT2D eigenvalue weighted by atomic mass is 10.0. The van der Waals surface area contributed by atoms with Crippen LogP contribution in [-0.4, -0.2) is 41.4 Å². The summed E-state index contributed by atoms with van der Waals surface area (Å²) in [5, 5.41) is 4.09. The van der Waals surface area contributed by atoms with E-state index < -0.39 is 11.9 Å². The maximum Gasteiger partial charge on any atom is 0.433 e. The van der Waals surface area contributed by atoms with Gasteiger partial charge in [0.25, 0.3) is 0 Å². The smallest absolute Gasteiger partial charge is 0.277 e. The van der Waals surface area contributed by atoms with E-state index in [1.165, 1.54) is 39.8 Å². The second kappa shape index (κ2) is 8.84. The fourth-order valence-corrected chi connectivity index (χ4v) is 6.43. The predicted molar refractivity (Wildman–Crippen MR) is 135 cm³/mol. The standard InChI is InChI=1S/C25H21F3N6O2S.ClH/c1-12-6-17(25(26,27)28)32-20(15(12)9-33-11-29-10-31-33)14-4-5-30-16-7-13(37-21(14)16)8-34-22(35)18-19(23(34)36)24(18,2)3;/h4-7,10-11,18-19H,8-9H2,1-3H3;1H. The number of hydrogen-bond acceptors (Lipinski definition) is 7. The molecule has 13 heteroatoms. The first-order chi connectivity index (χ1) is 17.5. The van der Waals surface area contributed by atoms with Gasteiger partial charge in [-0.1, -0.05) is 13.8 Å². The van der Waals surface area contributed by atoms with Crippen LogP contribution in [0.1, 0.15) is 35.5 Å². The second-order valence-corrected chi connectivity index (χ2v) is 11.2. The summed E-state index contributed by atoms with van der Waals surface area (Å²) in [5.41, 5.74) is 0.948. The molecule has 2 fully saturated rings. The first kappa shape index (κ1) is 26.2. The number of aryl methyl sites for hydroxylation is 1. The number of aromatic nitrogens is 5. The van der Waals surface area contributed by atoms with Gasteiger partial charge in [0.1, 0.15) is 18.3 Å². The molecule has 2 atom stereocenters. The van der Waals surface area contributed by atoms with Gasteiger partial charge in [-0.3, -0.25) is 19.5 Å². The van der Waals surface area contributed by atoms with Crippen molar-refractivity contribution in [3.63, 3.8) is 0 Å². The zero-order valence-electron chi connectivity index (χ0n) is 20.5. The van der Waals surface area contributed by atoms with Crippen molar-refractivity contribution in [3.8, 4) is 11.3 Å². The maximum absolute atomic E-state index is 13.7. The van der Waals surface area contributed by atoms with Crippen molar-refractivity contribution in [1.82, 2.24) is 29.6 Å². The molecule has 198 valence electrons. The highest BCUT2D eigenvalue weighted by molar-refractivity contribution is 7.19. The Morgan fingerprint density at radius 3 is 2.45 bits per heavy atom. The van der Waals surface area contributed by atoms with E-state index in [2.05, 4.69) is 20.1 Å². The number of halogens is 4. The van der Waals surface area contributed by atoms with Crippen LogP contribution in [0.15, 0.2) is 37.1 Å². The van der Waals surface area contributed by atoms with Gasteiger partial charge in [-0.05, 0) is 36.1 Å². The number of likely N-dealkylation sites (tertiary alicyclic amines) is 1. The molecule has 0 aromatic carbocycles. The molecule has 8 nitrogen and oxygen atoms in total. The van der Waals surface area contributed by atoms with Crippen LogP contribution in [0.4, 0.5) is 13.2 Å². The fourth-order valence-electron chi connectivity index (χ4n) is 5.31. The average Bonchev–Trinajstić information content (AvgIpc) is 3.28. The van der Waals surface area contributed by atoms with Crippen molar-refractivity contribution >= 4 is 45.8 Å². The molecule has 0 radical (unpaired) electrons. The summed E-state index contributed by atoms with van der Waals surface area (Å²) in [7, 11) is 0. The molecule has 2 amide bonds. The van der Waals surface area contributed by atoms with Gasteiger partial charge in [-0.2, -0.15) is 18.3 Å². The molecular formula is C25H22ClF3N6O2S. The van der Waals surface area contributed by atoms with Crippen molar-refractivity contribution < 1.29 is 22.8 Å². The van der Waals surface area contributed by atoms with Gasteiger partial charge in [-0.25, -0.2) is 14.6 Å². The van der Waals surface area contributed by atoms with Crippen molar-refractivity contribution in [2.45, 2.75) is 40.0 Å². The summed E-state index contributed by atoms with van der Waals surface area (Å²) >= 11 is 1.30. The van der Waals surface area contributed by atoms with Crippen LogP contribution in [0.5, 0.6) is 0 Å². The summed E-state index contributed by atoms with van der Waals surface area (Å²) in [4.78, 5) is 40.0. The van der Waals surface area contributed by atoms with Gasteiger partial charge in [0.15, 0.2) is 0 Å². The lowest BCUT2D eigenvalue weighted by molar-refractivity contribution is -0.144. The summed E-state index contributed by atoms with van der Waals surface area (Å²) in [6, 6.07) is 4.45. The van der Waals surface area contributed by atoms with Crippen LogP contribution >= 0.6 is 23.7 Å². The molecule has 4 aromatic heterocycles. The Balaban J connectivity index is 0.00000294. The van der Waals surface area contributed by atoms with Crippen molar-refractivity contribution in [3.05, 3.63) is 58.7 Å². The minimum Gasteiger partial charge on any atom is -0.277 e. The molecule has 38 heavy (non-hydrogen) atoms. The highest BCUT2D eigenvalue weighted by atomic mass is 35.5. The number of thiophene rings is 1. The number of fused-ring (bicyclic) bond motifs is 2. The van der Waals surface area contributed by atoms with E-state index in [0.717, 1.165) is 10.9 Å². The minimum atomic E-state index is -4.62. The third kappa shape index (κ3) is 4.06. The third-order valence-electron chi connectivity index (χ3n) is 7.35. The molecule has 1 saturated carbocycles. The van der Waals surface area contributed by atoms with Gasteiger partial charge >= 0.3 is 6.18 Å². The number of pyridine rings is 2. The first-order valence-corrected chi connectivity index (χ1v) is 12.4. The van der Waals surface area contributed by atoms with Crippen LogP contribution in [0.25, 0.3) is 21.5 Å². The van der Waals surface area contributed by atoms with Crippen molar-refractivity contribution in [2.75, 3.05) is 0 Å². The third-order valence-corrected chi connectivity index (χ3v) is 8.49. The number of carbonyl (C=O) groups excluding carboxylic acids is 2. The predicted octanol–water partition coefficient (Wildman–Crippen LogP) is 4.89. The second-order valence-electron chi connectivity index (χ2n) is 10.1. The Kier molecular flexibility index (Phi) is 6.10. The highest BCUT2D eigenvalue weighted by Crippen LogP contribution is 2.63. The topological polar surface area (TPSA) is 93.9 Å². The first-order valence-electron chi connectivity index (χ1n) is 11.6. The minimum absolute atomic E-state index is 0. The highest BCUT2D eigenvalue weighted by Gasteiger charge is 2.72. The van der Waals surface area contributed by atoms with E-state index in [1.807, 2.05) is 13.8 Å². The molecule has 0 bridgehead atoms. The van der Waals surface area contributed by atoms with E-state index in [9.17, 15) is 22.8 Å². The number of imide groups is 1. The molecule has 6 rings (SSSR count). The van der Waals surface area contributed by atoms with Gasteiger partial charge in [0.2, 0.25) is 11.8 Å². The van der Waals surface area contributed by atoms with Crippen LogP contribution < -0.4 is 0 Å². The maximum atomic E-state index is 13.7. The van der Waals surface area contributed by atoms with Gasteiger partial charge in [-0.15, -0.1) is 23.7 Å². The Morgan fingerprint density at radius 2 is 1.82 bits per heavy atom. The molecule has 4 aromatic rings. The molecule has 0 N–H and O–H groups in total. The normalized spacial score (nSPS) is 20.1. The van der Waals surface area contributed by atoms with Crippen LogP contribution in [-0.2, 0) is 28.9 Å². The van der Waals surface area contributed by atoms with Crippen LogP contribution in [0.2, 0.25) is 0 Å². The van der Waals surface area contributed by atoms with E-state index in [0.29, 0.717) is 26.9 Å². The van der Waals surface area contributed by atoms with E-state index >= 15 is 0 Å². The van der Waals surface area contributed by atoms with Gasteiger partial charge < -0.3 is 0 Å². The quantitative estimate of drug-likeness (QED) is 0.322. The van der Waals surface area contributed by atoms with Crippen LogP contribution in [0, 0.1) is 24.2 Å². The SMILES string of the molecule is Cc1cc(C(F)(F)F)nc(-c2ccnc3cc(CN4C(=O)C5C(C4=O)C5(C)C)sc23)c1Cn1cncn1.Cl. The number of alkyl halides is 3. The number of hydrogen-bond donors (Lipinski definition) is 0. The summed E-state index contributed by atoms with van der Waals surface area (Å²) in [6.45, 7) is 5.76. The number of carbonyl (C=O) groups is 2. The van der Waals surface area contributed by atoms with E-state index in [1.54, 1.807) is 19.1 Å². The van der Waals surface area contributed by atoms with Crippen molar-refractivity contribution in [1.29, 1.82) is 0 Å². The van der Waals surface area contributed by atoms with Crippen molar-refractivity contribution in [2.24, 2.45) is 17.3 Å². The molecule has 0 spiro atoms. The molecule has 1 aliphatic carbocycles. The molecule has 1 saturated heterocycles. The average molecular weight is 563 g/mol. The Labute approximate surface area is 225 Å². The summed E-state index contributed by atoms with van der Waals surface area (Å²) in [6.07, 6.45) is -0.255. The molecule has 1 aliphatic heterocycles. The number of amides is 2. The molecular weight excluding hydrogens is 541 g/mol. The summed E-state index contributed by atoms with van der Waals surface area (Å²) in [5.74, 6) is -0.897. The zero-order valence-corrected chi connectivity index (χ0v) is 22.1. The number of nitrogens with zero attached hydrogens (tertiary/aromatic N) is 6.